The Morgan fingerprint density at radius 1 is 1.17 bits per heavy atom. The monoisotopic (exact) mass is 336 g/mol. The first-order chi connectivity index (χ1) is 11.2. The second-order valence-corrected chi connectivity index (χ2v) is 7.16. The van der Waals surface area contributed by atoms with Crippen molar-refractivity contribution in [2.75, 3.05) is 31.5 Å². The number of likely N-dealkylation sites (tertiary alicyclic amines) is 2. The third-order valence-corrected chi connectivity index (χ3v) is 5.19. The van der Waals surface area contributed by atoms with Gasteiger partial charge in [0.25, 0.3) is 0 Å². The van der Waals surface area contributed by atoms with Gasteiger partial charge in [0, 0.05) is 24.9 Å². The zero-order valence-corrected chi connectivity index (χ0v) is 14.2. The number of piperidine rings is 2. The number of anilines is 1. The average molecular weight is 336 g/mol. The van der Waals surface area contributed by atoms with Gasteiger partial charge in [0.1, 0.15) is 0 Å². The molecule has 0 atom stereocenters. The minimum Gasteiger partial charge on any atom is -0.333 e. The van der Waals surface area contributed by atoms with Crippen molar-refractivity contribution in [3.63, 3.8) is 0 Å². The molecule has 23 heavy (non-hydrogen) atoms. The predicted molar refractivity (Wildman–Crippen MR) is 90.3 cm³/mol. The van der Waals surface area contributed by atoms with Crippen molar-refractivity contribution in [3.8, 4) is 0 Å². The molecule has 2 amide bonds. The average Bonchev–Trinajstić information content (AvgIpc) is 2.97. The molecule has 0 aromatic carbocycles. The van der Waals surface area contributed by atoms with E-state index in [9.17, 15) is 9.59 Å². The number of hydrogen-bond acceptors (Lipinski definition) is 5. The van der Waals surface area contributed by atoms with Crippen LogP contribution in [0, 0.1) is 0 Å². The first-order valence-electron chi connectivity index (χ1n) is 8.45. The molecular formula is C16H24N4O2S. The van der Waals surface area contributed by atoms with E-state index in [1.165, 1.54) is 30.6 Å². The summed E-state index contributed by atoms with van der Waals surface area (Å²) >= 11 is 1.46. The van der Waals surface area contributed by atoms with Gasteiger partial charge in [-0.25, -0.2) is 4.98 Å². The van der Waals surface area contributed by atoms with Crippen LogP contribution in [-0.4, -0.2) is 52.8 Å². The third-order valence-electron chi connectivity index (χ3n) is 4.39. The molecule has 3 rings (SSSR count). The van der Waals surface area contributed by atoms with Crippen LogP contribution in [0.15, 0.2) is 5.38 Å². The summed E-state index contributed by atoms with van der Waals surface area (Å²) < 4.78 is 0. The molecule has 0 radical (unpaired) electrons. The number of aromatic nitrogens is 1. The first-order valence-corrected chi connectivity index (χ1v) is 9.33. The molecule has 2 aliphatic heterocycles. The molecule has 126 valence electrons. The lowest BCUT2D eigenvalue weighted by molar-refractivity contribution is -0.136. The molecule has 2 fully saturated rings. The summed E-state index contributed by atoms with van der Waals surface area (Å²) in [6.45, 7) is 3.95. The lowest BCUT2D eigenvalue weighted by Gasteiger charge is -2.25. The van der Waals surface area contributed by atoms with Crippen LogP contribution in [0.5, 0.6) is 0 Å². The summed E-state index contributed by atoms with van der Waals surface area (Å²) in [4.78, 5) is 32.4. The number of carbonyl (C=O) groups is 2. The molecule has 7 heteroatoms. The van der Waals surface area contributed by atoms with Crippen molar-refractivity contribution in [1.82, 2.24) is 14.8 Å². The van der Waals surface area contributed by atoms with Crippen molar-refractivity contribution in [2.24, 2.45) is 0 Å². The Bertz CT molecular complexity index is 554. The van der Waals surface area contributed by atoms with E-state index < -0.39 is 0 Å². The summed E-state index contributed by atoms with van der Waals surface area (Å²) in [5, 5.41) is 5.46. The minimum atomic E-state index is -0.154. The molecule has 0 bridgehead atoms. The number of hydrogen-bond donors (Lipinski definition) is 1. The minimum absolute atomic E-state index is 0.0799. The van der Waals surface area contributed by atoms with Crippen molar-refractivity contribution in [1.29, 1.82) is 0 Å². The number of rotatable bonds is 5. The smallest absolute Gasteiger partial charge is 0.245 e. The highest BCUT2D eigenvalue weighted by atomic mass is 32.1. The van der Waals surface area contributed by atoms with Gasteiger partial charge in [-0.15, -0.1) is 11.3 Å². The van der Waals surface area contributed by atoms with Crippen molar-refractivity contribution in [2.45, 2.75) is 45.1 Å². The second kappa shape index (κ2) is 7.88. The van der Waals surface area contributed by atoms with Crippen LogP contribution in [0.25, 0.3) is 0 Å². The number of nitrogens with zero attached hydrogens (tertiary/aromatic N) is 3. The van der Waals surface area contributed by atoms with Crippen LogP contribution in [0.3, 0.4) is 0 Å². The van der Waals surface area contributed by atoms with Gasteiger partial charge in [0.05, 0.1) is 12.2 Å². The van der Waals surface area contributed by atoms with Gasteiger partial charge >= 0.3 is 0 Å². The zero-order valence-electron chi connectivity index (χ0n) is 13.4. The molecule has 6 nitrogen and oxygen atoms in total. The van der Waals surface area contributed by atoms with Gasteiger partial charge in [-0.2, -0.15) is 0 Å². The van der Waals surface area contributed by atoms with E-state index in [4.69, 9.17) is 0 Å². The Balaban J connectivity index is 1.47. The van der Waals surface area contributed by atoms with Gasteiger partial charge in [-0.1, -0.05) is 6.42 Å². The lowest BCUT2D eigenvalue weighted by atomic mass is 10.1. The van der Waals surface area contributed by atoms with E-state index in [0.717, 1.165) is 38.2 Å². The molecule has 0 spiro atoms. The lowest BCUT2D eigenvalue weighted by Crippen LogP contribution is -2.40. The Morgan fingerprint density at radius 2 is 1.96 bits per heavy atom. The topological polar surface area (TPSA) is 65.5 Å². The maximum atomic E-state index is 12.1. The summed E-state index contributed by atoms with van der Waals surface area (Å²) in [6.07, 6.45) is 6.32. The molecular weight excluding hydrogens is 312 g/mol. The molecule has 2 aliphatic rings. The quantitative estimate of drug-likeness (QED) is 0.894. The molecule has 1 aromatic rings. The fraction of sp³-hybridized carbons (Fsp3) is 0.688. The Labute approximate surface area is 140 Å². The fourth-order valence-corrected chi connectivity index (χ4v) is 3.86. The van der Waals surface area contributed by atoms with E-state index in [1.54, 1.807) is 4.90 Å². The van der Waals surface area contributed by atoms with Gasteiger partial charge in [-0.3, -0.25) is 14.5 Å². The molecule has 1 aromatic heterocycles. The number of carbonyl (C=O) groups excluding carboxylic acids is 2. The molecule has 3 heterocycles. The Kier molecular flexibility index (Phi) is 5.61. The van der Waals surface area contributed by atoms with E-state index >= 15 is 0 Å². The molecule has 0 aliphatic carbocycles. The van der Waals surface area contributed by atoms with Crippen LogP contribution in [0.4, 0.5) is 5.13 Å². The second-order valence-electron chi connectivity index (χ2n) is 6.30. The Morgan fingerprint density at radius 3 is 2.74 bits per heavy atom. The van der Waals surface area contributed by atoms with Gasteiger partial charge in [-0.05, 0) is 38.8 Å². The van der Waals surface area contributed by atoms with Gasteiger partial charge in [0.2, 0.25) is 11.8 Å². The predicted octanol–water partition coefficient (Wildman–Crippen LogP) is 2.08. The van der Waals surface area contributed by atoms with Crippen LogP contribution in [0.1, 0.15) is 44.2 Å². The summed E-state index contributed by atoms with van der Waals surface area (Å²) in [6, 6.07) is 0. The van der Waals surface area contributed by atoms with Crippen LogP contribution in [0.2, 0.25) is 0 Å². The molecule has 0 saturated carbocycles. The molecule has 0 unspecified atom stereocenters. The highest BCUT2D eigenvalue weighted by molar-refractivity contribution is 7.13. The molecule has 2 saturated heterocycles. The maximum absolute atomic E-state index is 12.1. The Hall–Kier alpha value is -1.47. The van der Waals surface area contributed by atoms with Crippen LogP contribution >= 0.6 is 11.3 Å². The highest BCUT2D eigenvalue weighted by Gasteiger charge is 2.21. The standard InChI is InChI=1S/C16H24N4O2S/c21-14(11-20-9-5-2-6-15(20)22)18-16-17-13(12-23-16)10-19-7-3-1-4-8-19/h12H,1-11H2,(H,17,18,21). The van der Waals surface area contributed by atoms with Gasteiger partial charge in [0.15, 0.2) is 5.13 Å². The van der Waals surface area contributed by atoms with E-state index in [-0.39, 0.29) is 18.4 Å². The summed E-state index contributed by atoms with van der Waals surface area (Å²) in [5.74, 6) is -0.0737. The van der Waals surface area contributed by atoms with E-state index in [1.807, 2.05) is 5.38 Å². The largest absolute Gasteiger partial charge is 0.333 e. The molecule has 1 N–H and O–H groups in total. The number of nitrogens with one attached hydrogen (secondary N) is 1. The van der Waals surface area contributed by atoms with Crippen LogP contribution < -0.4 is 5.32 Å². The summed E-state index contributed by atoms with van der Waals surface area (Å²) in [7, 11) is 0. The summed E-state index contributed by atoms with van der Waals surface area (Å²) in [5.41, 5.74) is 1.02. The van der Waals surface area contributed by atoms with Crippen molar-refractivity contribution >= 4 is 28.3 Å². The van der Waals surface area contributed by atoms with Crippen molar-refractivity contribution in [3.05, 3.63) is 11.1 Å². The zero-order chi connectivity index (χ0) is 16.1. The van der Waals surface area contributed by atoms with Crippen molar-refractivity contribution < 1.29 is 9.59 Å². The first kappa shape index (κ1) is 16.4. The fourth-order valence-electron chi connectivity index (χ4n) is 3.14. The van der Waals surface area contributed by atoms with E-state index in [0.29, 0.717) is 18.1 Å². The SMILES string of the molecule is O=C(CN1CCCCC1=O)Nc1nc(CN2CCCCC2)cs1. The van der Waals surface area contributed by atoms with Gasteiger partial charge < -0.3 is 10.2 Å². The third kappa shape index (κ3) is 4.75. The highest BCUT2D eigenvalue weighted by Crippen LogP contribution is 2.19. The van der Waals surface area contributed by atoms with E-state index in [2.05, 4.69) is 15.2 Å². The number of thiazole rings is 1. The normalized spacial score (nSPS) is 19.8. The maximum Gasteiger partial charge on any atom is 0.245 e. The number of amides is 2. The van der Waals surface area contributed by atoms with Crippen LogP contribution in [-0.2, 0) is 16.1 Å².